The summed E-state index contributed by atoms with van der Waals surface area (Å²) in [6, 6.07) is 11.1. The van der Waals surface area contributed by atoms with Gasteiger partial charge in [-0.25, -0.2) is 0 Å². The van der Waals surface area contributed by atoms with Gasteiger partial charge in [0.25, 0.3) is 11.7 Å². The van der Waals surface area contributed by atoms with E-state index in [1.165, 1.54) is 12.0 Å². The number of hydrogen-bond donors (Lipinski definition) is 1. The van der Waals surface area contributed by atoms with Gasteiger partial charge in [-0.15, -0.1) is 0 Å². The molecule has 0 aliphatic carbocycles. The topological polar surface area (TPSA) is 97.8 Å². The van der Waals surface area contributed by atoms with Gasteiger partial charge in [0, 0.05) is 37.3 Å². The Hall–Kier alpha value is -3.56. The molecule has 4 rings (SSSR count). The molecule has 0 aromatic heterocycles. The monoisotopic (exact) mass is 496 g/mol. The second kappa shape index (κ2) is 11.5. The van der Waals surface area contributed by atoms with Crippen LogP contribution in [0.25, 0.3) is 5.76 Å². The molecule has 2 fully saturated rings. The Morgan fingerprint density at radius 2 is 1.61 bits per heavy atom. The molecule has 0 bridgehead atoms. The van der Waals surface area contributed by atoms with Crippen LogP contribution in [-0.2, 0) is 14.3 Å². The number of ether oxygens (including phenoxy) is 4. The summed E-state index contributed by atoms with van der Waals surface area (Å²) in [6.45, 7) is 4.16. The maximum absolute atomic E-state index is 13.3. The summed E-state index contributed by atoms with van der Waals surface area (Å²) in [5.41, 5.74) is 0.995. The highest BCUT2D eigenvalue weighted by Crippen LogP contribution is 2.44. The Morgan fingerprint density at radius 3 is 2.25 bits per heavy atom. The maximum Gasteiger partial charge on any atom is 0.295 e. The maximum atomic E-state index is 13.3. The summed E-state index contributed by atoms with van der Waals surface area (Å²) in [6.07, 6.45) is 0.665. The molecule has 1 atom stereocenters. The zero-order valence-electron chi connectivity index (χ0n) is 20.9. The Kier molecular flexibility index (Phi) is 8.12. The lowest BCUT2D eigenvalue weighted by molar-refractivity contribution is -0.140. The Bertz CT molecular complexity index is 1120. The van der Waals surface area contributed by atoms with Crippen molar-refractivity contribution in [3.63, 3.8) is 0 Å². The largest absolute Gasteiger partial charge is 0.507 e. The number of carbonyl (C=O) groups is 2. The van der Waals surface area contributed by atoms with Crippen molar-refractivity contribution < 1.29 is 33.6 Å². The zero-order chi connectivity index (χ0) is 25.7. The molecule has 2 aliphatic rings. The third-order valence-corrected chi connectivity index (χ3v) is 6.61. The first-order chi connectivity index (χ1) is 17.5. The quantitative estimate of drug-likeness (QED) is 0.322. The van der Waals surface area contributed by atoms with Crippen LogP contribution in [0.1, 0.15) is 23.6 Å². The molecule has 0 saturated carbocycles. The number of carbonyl (C=O) groups excluding carboxylic acids is 2. The van der Waals surface area contributed by atoms with Gasteiger partial charge in [0.15, 0.2) is 0 Å². The number of amides is 1. The van der Waals surface area contributed by atoms with Crippen molar-refractivity contribution in [3.05, 3.63) is 59.2 Å². The lowest BCUT2D eigenvalue weighted by Gasteiger charge is -2.29. The summed E-state index contributed by atoms with van der Waals surface area (Å²) >= 11 is 0. The van der Waals surface area contributed by atoms with E-state index in [-0.39, 0.29) is 11.3 Å². The molecule has 2 aromatic rings. The van der Waals surface area contributed by atoms with Crippen molar-refractivity contribution in [3.8, 4) is 17.2 Å². The SMILES string of the molecule is COc1ccc(/C(O)=C2\C(=O)C(=O)N(CCCN3CCOCC3)[C@H]2c2cc(OC)ccc2OC)cc1. The predicted molar refractivity (Wildman–Crippen MR) is 133 cm³/mol. The summed E-state index contributed by atoms with van der Waals surface area (Å²) < 4.78 is 21.6. The lowest BCUT2D eigenvalue weighted by Crippen LogP contribution is -2.39. The number of hydrogen-bond acceptors (Lipinski definition) is 8. The van der Waals surface area contributed by atoms with Gasteiger partial charge >= 0.3 is 0 Å². The second-order valence-corrected chi connectivity index (χ2v) is 8.64. The highest BCUT2D eigenvalue weighted by atomic mass is 16.5. The normalized spacial score (nSPS) is 20.0. The first kappa shape index (κ1) is 25.5. The van der Waals surface area contributed by atoms with Gasteiger partial charge in [-0.1, -0.05) is 0 Å². The third kappa shape index (κ3) is 5.17. The molecule has 0 unspecified atom stereocenters. The number of benzene rings is 2. The number of methoxy groups -OCH3 is 3. The van der Waals surface area contributed by atoms with Crippen molar-refractivity contribution in [2.75, 3.05) is 60.7 Å². The Labute approximate surface area is 210 Å². The molecule has 0 radical (unpaired) electrons. The van der Waals surface area contributed by atoms with Crippen molar-refractivity contribution in [1.29, 1.82) is 0 Å². The molecule has 9 nitrogen and oxygen atoms in total. The number of ketones is 1. The van der Waals surface area contributed by atoms with Gasteiger partial charge in [0.1, 0.15) is 23.0 Å². The van der Waals surface area contributed by atoms with Gasteiger partial charge in [0.05, 0.1) is 46.2 Å². The number of aliphatic hydroxyl groups excluding tert-OH is 1. The first-order valence-corrected chi connectivity index (χ1v) is 11.9. The molecule has 2 saturated heterocycles. The van der Waals surface area contributed by atoms with E-state index in [0.717, 1.165) is 19.6 Å². The standard InChI is InChI=1S/C27H32N2O7/c1-33-19-7-5-18(6-8-19)25(30)23-24(21-17-20(34-2)9-10-22(21)35-3)29(27(32)26(23)31)12-4-11-28-13-15-36-16-14-28/h5-10,17,24,30H,4,11-16H2,1-3H3/b25-23+/t24-/m0/s1. The van der Waals surface area contributed by atoms with E-state index >= 15 is 0 Å². The number of nitrogens with zero attached hydrogens (tertiary/aromatic N) is 2. The molecule has 2 heterocycles. The lowest BCUT2D eigenvalue weighted by atomic mass is 9.94. The molecule has 36 heavy (non-hydrogen) atoms. The number of Topliss-reactive ketones (excluding diaryl/α,β-unsaturated/α-hetero) is 1. The van der Waals surface area contributed by atoms with Crippen LogP contribution in [0.5, 0.6) is 17.2 Å². The Balaban J connectivity index is 1.75. The van der Waals surface area contributed by atoms with Crippen LogP contribution in [0.4, 0.5) is 0 Å². The molecule has 0 spiro atoms. The predicted octanol–water partition coefficient (Wildman–Crippen LogP) is 2.86. The minimum Gasteiger partial charge on any atom is -0.507 e. The van der Waals surface area contributed by atoms with E-state index in [4.69, 9.17) is 18.9 Å². The van der Waals surface area contributed by atoms with E-state index in [0.29, 0.717) is 54.6 Å². The van der Waals surface area contributed by atoms with Gasteiger partial charge in [0.2, 0.25) is 0 Å². The fourth-order valence-corrected chi connectivity index (χ4v) is 4.68. The average Bonchev–Trinajstić information content (AvgIpc) is 3.17. The molecule has 2 aliphatic heterocycles. The minimum atomic E-state index is -0.832. The van der Waals surface area contributed by atoms with Gasteiger partial charge in [-0.3, -0.25) is 14.5 Å². The van der Waals surface area contributed by atoms with Gasteiger partial charge < -0.3 is 29.0 Å². The molecule has 1 amide bonds. The summed E-state index contributed by atoms with van der Waals surface area (Å²) in [5, 5.41) is 11.3. The zero-order valence-corrected chi connectivity index (χ0v) is 20.9. The molecule has 2 aromatic carbocycles. The molecular weight excluding hydrogens is 464 g/mol. The van der Waals surface area contributed by atoms with Crippen molar-refractivity contribution in [1.82, 2.24) is 9.80 Å². The highest BCUT2D eigenvalue weighted by molar-refractivity contribution is 6.46. The average molecular weight is 497 g/mol. The van der Waals surface area contributed by atoms with Crippen LogP contribution in [0, 0.1) is 0 Å². The molecular formula is C27H32N2O7. The fourth-order valence-electron chi connectivity index (χ4n) is 4.68. The smallest absolute Gasteiger partial charge is 0.295 e. The van der Waals surface area contributed by atoms with Crippen molar-refractivity contribution >= 4 is 17.4 Å². The Morgan fingerprint density at radius 1 is 0.944 bits per heavy atom. The van der Waals surface area contributed by atoms with E-state index in [1.54, 1.807) is 56.7 Å². The van der Waals surface area contributed by atoms with Crippen LogP contribution in [-0.4, -0.2) is 87.3 Å². The van der Waals surface area contributed by atoms with Crippen LogP contribution in [0.3, 0.4) is 0 Å². The summed E-state index contributed by atoms with van der Waals surface area (Å²) in [7, 11) is 4.62. The number of rotatable bonds is 9. The molecule has 192 valence electrons. The summed E-state index contributed by atoms with van der Waals surface area (Å²) in [4.78, 5) is 30.4. The van der Waals surface area contributed by atoms with E-state index < -0.39 is 17.7 Å². The minimum absolute atomic E-state index is 0.0168. The van der Waals surface area contributed by atoms with Crippen LogP contribution >= 0.6 is 0 Å². The van der Waals surface area contributed by atoms with E-state index in [1.807, 2.05) is 0 Å². The van der Waals surface area contributed by atoms with Gasteiger partial charge in [-0.2, -0.15) is 0 Å². The van der Waals surface area contributed by atoms with Gasteiger partial charge in [-0.05, 0) is 48.9 Å². The fraction of sp³-hybridized carbons (Fsp3) is 0.407. The van der Waals surface area contributed by atoms with Crippen molar-refractivity contribution in [2.45, 2.75) is 12.5 Å². The highest BCUT2D eigenvalue weighted by Gasteiger charge is 2.47. The second-order valence-electron chi connectivity index (χ2n) is 8.64. The number of likely N-dealkylation sites (tertiary alicyclic amines) is 1. The first-order valence-electron chi connectivity index (χ1n) is 11.9. The number of aliphatic hydroxyl groups is 1. The van der Waals surface area contributed by atoms with Crippen LogP contribution < -0.4 is 14.2 Å². The van der Waals surface area contributed by atoms with Crippen molar-refractivity contribution in [2.24, 2.45) is 0 Å². The van der Waals surface area contributed by atoms with E-state index in [9.17, 15) is 14.7 Å². The van der Waals surface area contributed by atoms with Crippen LogP contribution in [0.2, 0.25) is 0 Å². The third-order valence-electron chi connectivity index (χ3n) is 6.61. The number of morpholine rings is 1. The summed E-state index contributed by atoms with van der Waals surface area (Å²) in [5.74, 6) is 0.0184. The van der Waals surface area contributed by atoms with E-state index in [2.05, 4.69) is 4.90 Å². The van der Waals surface area contributed by atoms with Crippen LogP contribution in [0.15, 0.2) is 48.0 Å². The molecule has 9 heteroatoms. The molecule has 1 N–H and O–H groups in total.